The Bertz CT molecular complexity index is 1270. The summed E-state index contributed by atoms with van der Waals surface area (Å²) in [5.41, 5.74) is 1.43. The monoisotopic (exact) mass is 485 g/mol. The van der Waals surface area contributed by atoms with Gasteiger partial charge in [-0.15, -0.1) is 0 Å². The summed E-state index contributed by atoms with van der Waals surface area (Å²) in [5.74, 6) is -1.13. The summed E-state index contributed by atoms with van der Waals surface area (Å²) in [4.78, 5) is 16.3. The van der Waals surface area contributed by atoms with Crippen LogP contribution in [0.4, 0.5) is 14.5 Å². The Morgan fingerprint density at radius 1 is 0.912 bits per heavy atom. The van der Waals surface area contributed by atoms with Gasteiger partial charge in [-0.3, -0.25) is 4.79 Å². The highest BCUT2D eigenvalue weighted by Gasteiger charge is 2.29. The van der Waals surface area contributed by atoms with Crippen LogP contribution in [0.5, 0.6) is 0 Å². The summed E-state index contributed by atoms with van der Waals surface area (Å²) in [7, 11) is -2.26. The van der Waals surface area contributed by atoms with Gasteiger partial charge in [0.05, 0.1) is 4.90 Å². The van der Waals surface area contributed by atoms with Crippen molar-refractivity contribution in [1.82, 2.24) is 9.21 Å². The molecule has 0 aliphatic carbocycles. The molecule has 0 unspecified atom stereocenters. The van der Waals surface area contributed by atoms with E-state index in [1.807, 2.05) is 4.90 Å². The van der Waals surface area contributed by atoms with Gasteiger partial charge in [0.15, 0.2) is 0 Å². The quantitative estimate of drug-likeness (QED) is 0.534. The van der Waals surface area contributed by atoms with Gasteiger partial charge in [0.25, 0.3) is 5.91 Å². The maximum absolute atomic E-state index is 14.0. The summed E-state index contributed by atoms with van der Waals surface area (Å²) >= 11 is 0. The van der Waals surface area contributed by atoms with Crippen LogP contribution in [0.3, 0.4) is 0 Å². The smallest absolute Gasteiger partial charge is 0.253 e. The third-order valence-electron chi connectivity index (χ3n) is 5.86. The van der Waals surface area contributed by atoms with Crippen LogP contribution in [0.2, 0.25) is 0 Å². The highest BCUT2D eigenvalue weighted by Crippen LogP contribution is 2.23. The van der Waals surface area contributed by atoms with E-state index in [1.165, 1.54) is 45.6 Å². The number of rotatable bonds is 6. The standard InChI is InChI=1S/C25H25F2N3O3S/c1-28(18-20-5-2-3-8-24(20)27)25(31)19-6-4-7-23(17-19)34(32,33)30-15-13-29(14-16-30)22-11-9-21(26)10-12-22/h2-12,17H,13-16,18H2,1H3. The van der Waals surface area contributed by atoms with Crippen molar-refractivity contribution >= 4 is 21.6 Å². The van der Waals surface area contributed by atoms with Gasteiger partial charge >= 0.3 is 0 Å². The Morgan fingerprint density at radius 2 is 1.59 bits per heavy atom. The third kappa shape index (κ3) is 5.10. The van der Waals surface area contributed by atoms with E-state index in [1.54, 1.807) is 43.4 Å². The lowest BCUT2D eigenvalue weighted by molar-refractivity contribution is 0.0783. The Labute approximate surface area is 198 Å². The van der Waals surface area contributed by atoms with Crippen LogP contribution >= 0.6 is 0 Å². The number of benzene rings is 3. The highest BCUT2D eigenvalue weighted by atomic mass is 32.2. The average Bonchev–Trinajstić information content (AvgIpc) is 2.85. The number of carbonyl (C=O) groups is 1. The summed E-state index contributed by atoms with van der Waals surface area (Å²) in [5, 5.41) is 0. The molecule has 3 aromatic carbocycles. The second-order valence-electron chi connectivity index (χ2n) is 8.15. The largest absolute Gasteiger partial charge is 0.369 e. The first-order valence-corrected chi connectivity index (χ1v) is 12.3. The molecule has 1 saturated heterocycles. The van der Waals surface area contributed by atoms with Gasteiger partial charge in [-0.05, 0) is 48.5 Å². The third-order valence-corrected chi connectivity index (χ3v) is 7.76. The first-order valence-electron chi connectivity index (χ1n) is 10.9. The second-order valence-corrected chi connectivity index (χ2v) is 10.1. The Kier molecular flexibility index (Phi) is 6.95. The van der Waals surface area contributed by atoms with E-state index in [0.29, 0.717) is 18.7 Å². The van der Waals surface area contributed by atoms with Gasteiger partial charge in [-0.1, -0.05) is 24.3 Å². The zero-order valence-corrected chi connectivity index (χ0v) is 19.5. The van der Waals surface area contributed by atoms with Gasteiger partial charge in [0, 0.05) is 56.6 Å². The molecule has 1 fully saturated rings. The molecule has 3 aromatic rings. The summed E-state index contributed by atoms with van der Waals surface area (Å²) in [6.45, 7) is 1.54. The van der Waals surface area contributed by atoms with E-state index < -0.39 is 21.7 Å². The average molecular weight is 486 g/mol. The van der Waals surface area contributed by atoms with Crippen LogP contribution in [0.1, 0.15) is 15.9 Å². The minimum Gasteiger partial charge on any atom is -0.369 e. The highest BCUT2D eigenvalue weighted by molar-refractivity contribution is 7.89. The van der Waals surface area contributed by atoms with Crippen molar-refractivity contribution in [2.24, 2.45) is 0 Å². The molecule has 4 rings (SSSR count). The predicted molar refractivity (Wildman–Crippen MR) is 126 cm³/mol. The molecule has 0 radical (unpaired) electrons. The van der Waals surface area contributed by atoms with Crippen molar-refractivity contribution in [2.75, 3.05) is 38.1 Å². The number of hydrogen-bond donors (Lipinski definition) is 0. The predicted octanol–water partition coefficient (Wildman–Crippen LogP) is 3.75. The number of halogens is 2. The van der Waals surface area contributed by atoms with Gasteiger partial charge in [0.2, 0.25) is 10.0 Å². The fourth-order valence-corrected chi connectivity index (χ4v) is 5.42. The van der Waals surface area contributed by atoms with Crippen LogP contribution in [0.15, 0.2) is 77.7 Å². The summed E-state index contributed by atoms with van der Waals surface area (Å²) in [6.07, 6.45) is 0. The molecule has 34 heavy (non-hydrogen) atoms. The van der Waals surface area contributed by atoms with Crippen molar-refractivity contribution in [1.29, 1.82) is 0 Å². The van der Waals surface area contributed by atoms with Crippen molar-refractivity contribution in [3.8, 4) is 0 Å². The molecule has 1 aliphatic rings. The minimum absolute atomic E-state index is 0.0351. The fourth-order valence-electron chi connectivity index (χ4n) is 3.95. The van der Waals surface area contributed by atoms with Crippen molar-refractivity contribution in [3.63, 3.8) is 0 Å². The maximum Gasteiger partial charge on any atom is 0.253 e. The molecule has 0 atom stereocenters. The van der Waals surface area contributed by atoms with E-state index in [9.17, 15) is 22.0 Å². The Balaban J connectivity index is 1.45. The van der Waals surface area contributed by atoms with Crippen LogP contribution in [-0.2, 0) is 16.6 Å². The summed E-state index contributed by atoms with van der Waals surface area (Å²) in [6, 6.07) is 18.2. The van der Waals surface area contributed by atoms with Gasteiger partial charge < -0.3 is 9.80 Å². The first kappa shape index (κ1) is 23.8. The molecule has 6 nitrogen and oxygen atoms in total. The molecule has 0 saturated carbocycles. The number of anilines is 1. The van der Waals surface area contributed by atoms with E-state index >= 15 is 0 Å². The molecule has 1 amide bonds. The number of nitrogens with zero attached hydrogens (tertiary/aromatic N) is 3. The van der Waals surface area contributed by atoms with E-state index in [2.05, 4.69) is 0 Å². The molecule has 1 heterocycles. The number of hydrogen-bond acceptors (Lipinski definition) is 4. The number of carbonyl (C=O) groups excluding carboxylic acids is 1. The van der Waals surface area contributed by atoms with E-state index in [4.69, 9.17) is 0 Å². The molecule has 0 N–H and O–H groups in total. The molecular weight excluding hydrogens is 460 g/mol. The molecular formula is C25H25F2N3O3S. The van der Waals surface area contributed by atoms with E-state index in [0.717, 1.165) is 5.69 Å². The van der Waals surface area contributed by atoms with E-state index in [-0.39, 0.29) is 35.9 Å². The summed E-state index contributed by atoms with van der Waals surface area (Å²) < 4.78 is 55.0. The molecule has 0 bridgehead atoms. The Hall–Kier alpha value is -3.30. The maximum atomic E-state index is 14.0. The van der Waals surface area contributed by atoms with Gasteiger partial charge in [-0.25, -0.2) is 17.2 Å². The van der Waals surface area contributed by atoms with Crippen LogP contribution in [-0.4, -0.2) is 56.8 Å². The molecule has 178 valence electrons. The Morgan fingerprint density at radius 3 is 2.26 bits per heavy atom. The number of sulfonamides is 1. The van der Waals surface area contributed by atoms with Crippen LogP contribution in [0, 0.1) is 11.6 Å². The minimum atomic E-state index is -3.81. The topological polar surface area (TPSA) is 60.9 Å². The van der Waals surface area contributed by atoms with Crippen molar-refractivity contribution in [3.05, 3.63) is 95.6 Å². The number of piperazine rings is 1. The lowest BCUT2D eigenvalue weighted by atomic mass is 10.1. The molecule has 0 spiro atoms. The van der Waals surface area contributed by atoms with Gasteiger partial charge in [-0.2, -0.15) is 4.31 Å². The first-order chi connectivity index (χ1) is 16.3. The normalized spacial score (nSPS) is 14.7. The molecule has 1 aliphatic heterocycles. The fraction of sp³-hybridized carbons (Fsp3) is 0.240. The van der Waals surface area contributed by atoms with Crippen molar-refractivity contribution in [2.45, 2.75) is 11.4 Å². The van der Waals surface area contributed by atoms with Gasteiger partial charge in [0.1, 0.15) is 11.6 Å². The lowest BCUT2D eigenvalue weighted by Crippen LogP contribution is -2.48. The SMILES string of the molecule is CN(Cc1ccccc1F)C(=O)c1cccc(S(=O)(=O)N2CCN(c3ccc(F)cc3)CC2)c1. The zero-order valence-electron chi connectivity index (χ0n) is 18.7. The van der Waals surface area contributed by atoms with Crippen LogP contribution < -0.4 is 4.90 Å². The zero-order chi connectivity index (χ0) is 24.3. The lowest BCUT2D eigenvalue weighted by Gasteiger charge is -2.35. The van der Waals surface area contributed by atoms with Crippen LogP contribution in [0.25, 0.3) is 0 Å². The molecule has 9 heteroatoms. The molecule has 0 aromatic heterocycles. The second kappa shape index (κ2) is 9.90. The van der Waals surface area contributed by atoms with Crippen molar-refractivity contribution < 1.29 is 22.0 Å². The number of amides is 1.